The molecule has 2 atom stereocenters. The van der Waals surface area contributed by atoms with Gasteiger partial charge in [-0.25, -0.2) is 9.78 Å². The number of aromatic nitrogens is 2. The molecular weight excluding hydrogens is 408 g/mol. The molecule has 2 unspecified atom stereocenters. The largest absolute Gasteiger partial charge is 0.465 e. The fourth-order valence-corrected chi connectivity index (χ4v) is 5.72. The van der Waals surface area contributed by atoms with Crippen molar-refractivity contribution < 1.29 is 9.53 Å². The summed E-state index contributed by atoms with van der Waals surface area (Å²) in [4.78, 5) is 17.2. The molecule has 0 spiro atoms. The highest BCUT2D eigenvalue weighted by Gasteiger charge is 2.34. The van der Waals surface area contributed by atoms with E-state index in [1.54, 1.807) is 0 Å². The maximum Gasteiger partial charge on any atom is 0.337 e. The SMILES string of the molecule is COC(=O)c1ccc2c(c1)nc(Cc1ccc(C(C)(C)C)cc1)n2C1CC(C)CC(C)(C)C1. The molecule has 1 aromatic heterocycles. The first-order chi connectivity index (χ1) is 15.5. The van der Waals surface area contributed by atoms with Crippen molar-refractivity contribution in [2.45, 2.75) is 78.7 Å². The second kappa shape index (κ2) is 8.62. The van der Waals surface area contributed by atoms with Gasteiger partial charge in [0.2, 0.25) is 0 Å². The predicted octanol–water partition coefficient (Wildman–Crippen LogP) is 7.10. The Balaban J connectivity index is 1.78. The minimum Gasteiger partial charge on any atom is -0.465 e. The highest BCUT2D eigenvalue weighted by atomic mass is 16.5. The van der Waals surface area contributed by atoms with E-state index >= 15 is 0 Å². The van der Waals surface area contributed by atoms with Crippen LogP contribution in [0, 0.1) is 11.3 Å². The first-order valence-corrected chi connectivity index (χ1v) is 12.2. The van der Waals surface area contributed by atoms with Gasteiger partial charge in [-0.1, -0.05) is 65.8 Å². The van der Waals surface area contributed by atoms with E-state index in [0.717, 1.165) is 36.1 Å². The number of carbonyl (C=O) groups excluding carboxylic acids is 1. The second-order valence-electron chi connectivity index (χ2n) is 11.8. The van der Waals surface area contributed by atoms with Crippen LogP contribution in [0.25, 0.3) is 11.0 Å². The smallest absolute Gasteiger partial charge is 0.337 e. The van der Waals surface area contributed by atoms with E-state index in [2.05, 4.69) is 70.4 Å². The summed E-state index contributed by atoms with van der Waals surface area (Å²) in [5, 5.41) is 0. The Labute approximate surface area is 198 Å². The van der Waals surface area contributed by atoms with Crippen LogP contribution in [-0.2, 0) is 16.6 Å². The average Bonchev–Trinajstić information content (AvgIpc) is 3.08. The van der Waals surface area contributed by atoms with Crippen molar-refractivity contribution in [1.29, 1.82) is 0 Å². The zero-order valence-electron chi connectivity index (χ0n) is 21.2. The number of benzene rings is 2. The molecule has 0 aliphatic heterocycles. The van der Waals surface area contributed by atoms with Gasteiger partial charge in [-0.3, -0.25) is 0 Å². The van der Waals surface area contributed by atoms with Gasteiger partial charge < -0.3 is 9.30 Å². The Hall–Kier alpha value is -2.62. The quantitative estimate of drug-likeness (QED) is 0.402. The summed E-state index contributed by atoms with van der Waals surface area (Å²) in [7, 11) is 1.42. The van der Waals surface area contributed by atoms with Gasteiger partial charge in [0, 0.05) is 12.5 Å². The summed E-state index contributed by atoms with van der Waals surface area (Å²) in [6, 6.07) is 15.1. The average molecular weight is 447 g/mol. The molecular formula is C29H38N2O2. The maximum absolute atomic E-state index is 12.1. The van der Waals surface area contributed by atoms with E-state index in [0.29, 0.717) is 22.9 Å². The number of hydrogen-bond acceptors (Lipinski definition) is 3. The lowest BCUT2D eigenvalue weighted by molar-refractivity contribution is 0.0601. The highest BCUT2D eigenvalue weighted by Crippen LogP contribution is 2.45. The third-order valence-corrected chi connectivity index (χ3v) is 7.09. The Kier molecular flexibility index (Phi) is 6.15. The Morgan fingerprint density at radius 1 is 1.12 bits per heavy atom. The number of hydrogen-bond donors (Lipinski definition) is 0. The van der Waals surface area contributed by atoms with Crippen molar-refractivity contribution in [1.82, 2.24) is 9.55 Å². The molecule has 33 heavy (non-hydrogen) atoms. The topological polar surface area (TPSA) is 44.1 Å². The molecule has 0 radical (unpaired) electrons. The number of esters is 1. The van der Waals surface area contributed by atoms with E-state index < -0.39 is 0 Å². The number of fused-ring (bicyclic) bond motifs is 1. The molecule has 0 bridgehead atoms. The minimum absolute atomic E-state index is 0.139. The summed E-state index contributed by atoms with van der Waals surface area (Å²) in [5.41, 5.74) is 5.57. The molecule has 2 aromatic carbocycles. The second-order valence-corrected chi connectivity index (χ2v) is 11.8. The van der Waals surface area contributed by atoms with Gasteiger partial charge in [0.25, 0.3) is 0 Å². The van der Waals surface area contributed by atoms with Gasteiger partial charge in [0.15, 0.2) is 0 Å². The first-order valence-electron chi connectivity index (χ1n) is 12.2. The van der Waals surface area contributed by atoms with Crippen molar-refractivity contribution in [2.75, 3.05) is 7.11 Å². The van der Waals surface area contributed by atoms with Crippen molar-refractivity contribution >= 4 is 17.0 Å². The van der Waals surface area contributed by atoms with Crippen molar-refractivity contribution in [3.63, 3.8) is 0 Å². The van der Waals surface area contributed by atoms with Crippen LogP contribution in [-0.4, -0.2) is 22.6 Å². The number of imidazole rings is 1. The lowest BCUT2D eigenvalue weighted by atomic mass is 9.70. The zero-order valence-corrected chi connectivity index (χ0v) is 21.2. The molecule has 4 heteroatoms. The van der Waals surface area contributed by atoms with Gasteiger partial charge in [-0.05, 0) is 65.3 Å². The Morgan fingerprint density at radius 3 is 2.42 bits per heavy atom. The molecule has 4 nitrogen and oxygen atoms in total. The normalized spacial score (nSPS) is 20.7. The molecule has 0 amide bonds. The number of nitrogens with zero attached hydrogens (tertiary/aromatic N) is 2. The van der Waals surface area contributed by atoms with Gasteiger partial charge in [-0.15, -0.1) is 0 Å². The zero-order chi connectivity index (χ0) is 24.0. The Bertz CT molecular complexity index is 1150. The number of ether oxygens (including phenoxy) is 1. The van der Waals surface area contributed by atoms with E-state index in [1.807, 2.05) is 18.2 Å². The van der Waals surface area contributed by atoms with Crippen molar-refractivity contribution in [3.8, 4) is 0 Å². The van der Waals surface area contributed by atoms with Crippen LogP contribution >= 0.6 is 0 Å². The van der Waals surface area contributed by atoms with E-state index in [1.165, 1.54) is 24.7 Å². The van der Waals surface area contributed by atoms with Gasteiger partial charge in [0.1, 0.15) is 5.82 Å². The van der Waals surface area contributed by atoms with Crippen LogP contribution in [0.1, 0.15) is 94.2 Å². The molecule has 1 aliphatic carbocycles. The van der Waals surface area contributed by atoms with Crippen LogP contribution in [0.5, 0.6) is 0 Å². The molecule has 1 aliphatic rings. The number of carbonyl (C=O) groups is 1. The molecule has 176 valence electrons. The molecule has 1 saturated carbocycles. The van der Waals surface area contributed by atoms with Gasteiger partial charge in [0.05, 0.1) is 23.7 Å². The number of rotatable bonds is 4. The highest BCUT2D eigenvalue weighted by molar-refractivity contribution is 5.93. The van der Waals surface area contributed by atoms with E-state index in [-0.39, 0.29) is 11.4 Å². The number of methoxy groups -OCH3 is 1. The fraction of sp³-hybridized carbons (Fsp3) is 0.517. The summed E-state index contributed by atoms with van der Waals surface area (Å²) in [6.07, 6.45) is 4.32. The fourth-order valence-electron chi connectivity index (χ4n) is 5.72. The van der Waals surface area contributed by atoms with Crippen molar-refractivity contribution in [3.05, 3.63) is 65.0 Å². The lowest BCUT2D eigenvalue weighted by Crippen LogP contribution is -2.30. The monoisotopic (exact) mass is 446 g/mol. The van der Waals surface area contributed by atoms with Crippen LogP contribution in [0.3, 0.4) is 0 Å². The molecule has 0 N–H and O–H groups in total. The first kappa shape index (κ1) is 23.5. The third-order valence-electron chi connectivity index (χ3n) is 7.09. The molecule has 3 aromatic rings. The maximum atomic E-state index is 12.1. The molecule has 1 heterocycles. The van der Waals surface area contributed by atoms with Gasteiger partial charge >= 0.3 is 5.97 Å². The van der Waals surface area contributed by atoms with Crippen LogP contribution in [0.4, 0.5) is 0 Å². The van der Waals surface area contributed by atoms with Crippen LogP contribution in [0.15, 0.2) is 42.5 Å². The van der Waals surface area contributed by atoms with Crippen LogP contribution in [0.2, 0.25) is 0 Å². The standard InChI is InChI=1S/C29H38N2O2/c1-19-14-23(18-29(5,6)17-19)31-25-13-10-21(27(32)33-7)16-24(25)30-26(31)15-20-8-11-22(12-9-20)28(2,3)4/h8-13,16,19,23H,14-15,17-18H2,1-7H3. The molecule has 0 saturated heterocycles. The van der Waals surface area contributed by atoms with Crippen molar-refractivity contribution in [2.24, 2.45) is 11.3 Å². The Morgan fingerprint density at radius 2 is 1.82 bits per heavy atom. The molecule has 1 fully saturated rings. The summed E-state index contributed by atoms with van der Waals surface area (Å²) < 4.78 is 7.40. The van der Waals surface area contributed by atoms with Gasteiger partial charge in [-0.2, -0.15) is 0 Å². The van der Waals surface area contributed by atoms with E-state index in [4.69, 9.17) is 9.72 Å². The minimum atomic E-state index is -0.321. The predicted molar refractivity (Wildman–Crippen MR) is 135 cm³/mol. The summed E-state index contributed by atoms with van der Waals surface area (Å²) in [5.74, 6) is 1.42. The molecule has 4 rings (SSSR count). The summed E-state index contributed by atoms with van der Waals surface area (Å²) in [6.45, 7) is 13.9. The third kappa shape index (κ3) is 5.00. The van der Waals surface area contributed by atoms with Crippen LogP contribution < -0.4 is 0 Å². The lowest BCUT2D eigenvalue weighted by Gasteiger charge is -2.40. The van der Waals surface area contributed by atoms with E-state index in [9.17, 15) is 4.79 Å². The summed E-state index contributed by atoms with van der Waals surface area (Å²) >= 11 is 0.